The van der Waals surface area contributed by atoms with E-state index in [0.29, 0.717) is 42.7 Å². The number of nitrogens with zero attached hydrogens (tertiary/aromatic N) is 7. The van der Waals surface area contributed by atoms with Crippen molar-refractivity contribution in [2.24, 2.45) is 5.92 Å². The van der Waals surface area contributed by atoms with Crippen molar-refractivity contribution >= 4 is 28.3 Å². The smallest absolute Gasteiger partial charge is 0.262 e. The number of hydrogen-bond acceptors (Lipinski definition) is 8. The van der Waals surface area contributed by atoms with E-state index in [-0.39, 0.29) is 35.7 Å². The molecule has 6 aromatic rings. The molecule has 2 saturated heterocycles. The Hall–Kier alpha value is -5.04. The lowest BCUT2D eigenvalue weighted by molar-refractivity contribution is -0.142. The van der Waals surface area contributed by atoms with Crippen molar-refractivity contribution in [2.45, 2.75) is 50.8 Å². The number of pyridine rings is 1. The zero-order valence-corrected chi connectivity index (χ0v) is 29.8. The summed E-state index contributed by atoms with van der Waals surface area (Å²) in [5.74, 6) is -0.384. The first kappa shape index (κ1) is 34.1. The molecular weight excluding hydrogens is 678 g/mol. The highest BCUT2D eigenvalue weighted by Gasteiger charge is 2.41. The second-order valence-electron chi connectivity index (χ2n) is 14.1. The zero-order valence-electron chi connectivity index (χ0n) is 28.9. The Kier molecular flexibility index (Phi) is 9.29. The lowest BCUT2D eigenvalue weighted by Crippen LogP contribution is -2.53. The van der Waals surface area contributed by atoms with E-state index >= 15 is 0 Å². The maximum absolute atomic E-state index is 14.2. The van der Waals surface area contributed by atoms with E-state index in [2.05, 4.69) is 38.1 Å². The fourth-order valence-electron chi connectivity index (χ4n) is 7.68. The Morgan fingerprint density at radius 1 is 0.981 bits per heavy atom. The molecule has 0 saturated carbocycles. The minimum Gasteiger partial charge on any atom is -0.388 e. The topological polar surface area (TPSA) is 109 Å². The Morgan fingerprint density at radius 3 is 2.58 bits per heavy atom. The van der Waals surface area contributed by atoms with Gasteiger partial charge in [0.05, 0.1) is 17.5 Å². The quantitative estimate of drug-likeness (QED) is 0.212. The first-order valence-corrected chi connectivity index (χ1v) is 18.5. The van der Waals surface area contributed by atoms with Gasteiger partial charge in [-0.15, -0.1) is 11.3 Å². The number of amides is 1. The fraction of sp³-hybridized carbons (Fsp3) is 0.325. The highest BCUT2D eigenvalue weighted by Crippen LogP contribution is 2.37. The SMILES string of the molecule is Cc1ccc(-c2ncc(CN3CC[C@@H](C(=O)N4CCC(O)(Cn5cnc6c(ccn6-c6cccc(F)c6)c5=O)CC4)[C@H](c4ccccc4)C3)s2)cn1. The third kappa shape index (κ3) is 6.93. The Bertz CT molecular complexity index is 2260. The zero-order chi connectivity index (χ0) is 35.8. The minimum absolute atomic E-state index is 0.0352. The standard InChI is InChI=1S/C40H40FN7O3S/c1-27-10-11-29(21-42-27)37-43-22-32(52-37)23-45-16-12-33(35(24-45)28-6-3-2-4-7-28)38(49)46-18-14-40(51,15-19-46)25-47-26-44-36-34(39(47)50)13-17-48(36)31-9-5-8-30(41)20-31/h2-11,13,17,20-22,26,33,35,51H,12,14-16,18-19,23-25H2,1H3/t33-,35+/m1/s1. The number of likely N-dealkylation sites (tertiary alicyclic amines) is 2. The molecule has 1 amide bonds. The number of aromatic nitrogens is 5. The molecule has 0 spiro atoms. The van der Waals surface area contributed by atoms with Crippen LogP contribution in [0.3, 0.4) is 0 Å². The summed E-state index contributed by atoms with van der Waals surface area (Å²) in [5.41, 5.74) is 2.71. The average Bonchev–Trinajstić information content (AvgIpc) is 3.82. The van der Waals surface area contributed by atoms with Crippen molar-refractivity contribution in [3.05, 3.63) is 130 Å². The summed E-state index contributed by atoms with van der Waals surface area (Å²) < 4.78 is 17.0. The lowest BCUT2D eigenvalue weighted by atomic mass is 9.79. The van der Waals surface area contributed by atoms with Crippen molar-refractivity contribution in [3.8, 4) is 16.3 Å². The monoisotopic (exact) mass is 717 g/mol. The van der Waals surface area contributed by atoms with Gasteiger partial charge in [0, 0.05) is 78.4 Å². The summed E-state index contributed by atoms with van der Waals surface area (Å²) in [6.07, 6.45) is 8.41. The van der Waals surface area contributed by atoms with E-state index in [9.17, 15) is 19.1 Å². The molecule has 0 radical (unpaired) electrons. The molecule has 2 fully saturated rings. The van der Waals surface area contributed by atoms with Crippen LogP contribution in [0.15, 0.2) is 103 Å². The maximum atomic E-state index is 14.2. The molecule has 2 aliphatic rings. The Morgan fingerprint density at radius 2 is 1.81 bits per heavy atom. The van der Waals surface area contributed by atoms with Gasteiger partial charge in [-0.05, 0) is 74.7 Å². The predicted octanol–water partition coefficient (Wildman–Crippen LogP) is 5.81. The van der Waals surface area contributed by atoms with Crippen LogP contribution in [-0.4, -0.2) is 76.7 Å². The number of benzene rings is 2. The van der Waals surface area contributed by atoms with Crippen LogP contribution in [-0.2, 0) is 17.9 Å². The molecule has 0 aliphatic carbocycles. The van der Waals surface area contributed by atoms with Crippen LogP contribution in [0.25, 0.3) is 27.3 Å². The second kappa shape index (κ2) is 14.2. The van der Waals surface area contributed by atoms with Gasteiger partial charge in [-0.2, -0.15) is 0 Å². The van der Waals surface area contributed by atoms with Crippen LogP contribution >= 0.6 is 11.3 Å². The molecule has 8 rings (SSSR count). The number of thiazole rings is 1. The number of piperidine rings is 2. The van der Waals surface area contributed by atoms with Gasteiger partial charge in [-0.3, -0.25) is 24.0 Å². The normalized spacial score (nSPS) is 19.2. The highest BCUT2D eigenvalue weighted by atomic mass is 32.1. The number of hydrogen-bond donors (Lipinski definition) is 1. The van der Waals surface area contributed by atoms with Crippen LogP contribution in [0.4, 0.5) is 4.39 Å². The molecular formula is C40H40FN7O3S. The summed E-state index contributed by atoms with van der Waals surface area (Å²) in [6.45, 7) is 5.21. The van der Waals surface area contributed by atoms with E-state index in [4.69, 9.17) is 0 Å². The molecule has 266 valence electrons. The largest absolute Gasteiger partial charge is 0.388 e. The fourth-order valence-corrected chi connectivity index (χ4v) is 8.62. The van der Waals surface area contributed by atoms with Crippen LogP contribution in [0.1, 0.15) is 41.3 Å². The van der Waals surface area contributed by atoms with Crippen LogP contribution in [0.5, 0.6) is 0 Å². The molecule has 0 bridgehead atoms. The van der Waals surface area contributed by atoms with Gasteiger partial charge in [0.1, 0.15) is 17.2 Å². The van der Waals surface area contributed by atoms with Crippen LogP contribution < -0.4 is 5.56 Å². The molecule has 4 aromatic heterocycles. The minimum atomic E-state index is -1.16. The van der Waals surface area contributed by atoms with Gasteiger partial charge in [0.15, 0.2) is 5.65 Å². The van der Waals surface area contributed by atoms with Crippen molar-refractivity contribution in [2.75, 3.05) is 26.2 Å². The van der Waals surface area contributed by atoms with Crippen LogP contribution in [0.2, 0.25) is 0 Å². The Balaban J connectivity index is 0.929. The molecule has 1 N–H and O–H groups in total. The number of aryl methyl sites for hydroxylation is 1. The Labute approximate surface area is 304 Å². The first-order chi connectivity index (χ1) is 25.2. The van der Waals surface area contributed by atoms with Gasteiger partial charge in [0.2, 0.25) is 5.91 Å². The molecule has 52 heavy (non-hydrogen) atoms. The number of carbonyl (C=O) groups is 1. The van der Waals surface area contributed by atoms with Crippen molar-refractivity contribution in [3.63, 3.8) is 0 Å². The summed E-state index contributed by atoms with van der Waals surface area (Å²) in [5, 5.41) is 13.0. The van der Waals surface area contributed by atoms with E-state index in [1.807, 2.05) is 48.5 Å². The second-order valence-corrected chi connectivity index (χ2v) is 15.2. The summed E-state index contributed by atoms with van der Waals surface area (Å²) in [4.78, 5) is 46.8. The number of fused-ring (bicyclic) bond motifs is 1. The van der Waals surface area contributed by atoms with E-state index in [0.717, 1.165) is 47.9 Å². The van der Waals surface area contributed by atoms with Gasteiger partial charge < -0.3 is 14.6 Å². The number of aliphatic hydroxyl groups is 1. The summed E-state index contributed by atoms with van der Waals surface area (Å²) in [6, 6.07) is 22.2. The highest BCUT2D eigenvalue weighted by molar-refractivity contribution is 7.15. The van der Waals surface area contributed by atoms with Crippen molar-refractivity contribution < 1.29 is 14.3 Å². The number of halogens is 1. The molecule has 2 aromatic carbocycles. The first-order valence-electron chi connectivity index (χ1n) is 17.7. The molecule has 6 heterocycles. The average molecular weight is 718 g/mol. The third-order valence-corrected chi connectivity index (χ3v) is 11.6. The number of carbonyl (C=O) groups excluding carboxylic acids is 1. The lowest BCUT2D eigenvalue weighted by Gasteiger charge is -2.43. The third-order valence-electron chi connectivity index (χ3n) is 10.6. The van der Waals surface area contributed by atoms with Gasteiger partial charge in [-0.25, -0.2) is 14.4 Å². The number of rotatable bonds is 8. The molecule has 0 unspecified atom stereocenters. The van der Waals surface area contributed by atoms with E-state index in [1.54, 1.807) is 40.3 Å². The van der Waals surface area contributed by atoms with Gasteiger partial charge >= 0.3 is 0 Å². The molecule has 10 nitrogen and oxygen atoms in total. The van der Waals surface area contributed by atoms with Gasteiger partial charge in [0.25, 0.3) is 5.56 Å². The van der Waals surface area contributed by atoms with Crippen molar-refractivity contribution in [1.29, 1.82) is 0 Å². The summed E-state index contributed by atoms with van der Waals surface area (Å²) >= 11 is 1.68. The predicted molar refractivity (Wildman–Crippen MR) is 199 cm³/mol. The molecule has 2 aliphatic heterocycles. The van der Waals surface area contributed by atoms with Gasteiger partial charge in [-0.1, -0.05) is 36.4 Å². The maximum Gasteiger partial charge on any atom is 0.262 e. The molecule has 2 atom stereocenters. The van der Waals surface area contributed by atoms with Crippen LogP contribution in [0, 0.1) is 18.7 Å². The summed E-state index contributed by atoms with van der Waals surface area (Å²) in [7, 11) is 0. The van der Waals surface area contributed by atoms with E-state index in [1.165, 1.54) is 27.9 Å². The van der Waals surface area contributed by atoms with Crippen molar-refractivity contribution in [1.82, 2.24) is 33.9 Å². The molecule has 12 heteroatoms. The van der Waals surface area contributed by atoms with E-state index < -0.39 is 5.60 Å².